The monoisotopic (exact) mass is 469 g/mol. The van der Waals surface area contributed by atoms with Crippen LogP contribution in [0, 0.1) is 0 Å². The summed E-state index contributed by atoms with van der Waals surface area (Å²) in [6.07, 6.45) is 5.43. The van der Waals surface area contributed by atoms with Crippen LogP contribution in [0.2, 0.25) is 0 Å². The van der Waals surface area contributed by atoms with E-state index in [0.29, 0.717) is 24.4 Å². The van der Waals surface area contributed by atoms with Gasteiger partial charge in [-0.05, 0) is 55.3 Å². The number of nitrogens with zero attached hydrogens (tertiary/aromatic N) is 3. The number of carbonyl (C=O) groups is 2. The Morgan fingerprint density at radius 3 is 2.60 bits per heavy atom. The lowest BCUT2D eigenvalue weighted by atomic mass is 10.2. The van der Waals surface area contributed by atoms with Gasteiger partial charge in [0.05, 0.1) is 19.4 Å². The first-order valence-electron chi connectivity index (χ1n) is 9.98. The van der Waals surface area contributed by atoms with Crippen molar-refractivity contribution in [1.82, 2.24) is 14.4 Å². The Balaban J connectivity index is 1.53. The first-order chi connectivity index (χ1) is 14.5. The summed E-state index contributed by atoms with van der Waals surface area (Å²) in [7, 11) is 1.96. The van der Waals surface area contributed by atoms with E-state index in [1.54, 1.807) is 28.2 Å². The van der Waals surface area contributed by atoms with Crippen molar-refractivity contribution in [3.63, 3.8) is 0 Å². The van der Waals surface area contributed by atoms with Crippen molar-refractivity contribution < 1.29 is 14.0 Å². The van der Waals surface area contributed by atoms with Gasteiger partial charge in [-0.1, -0.05) is 22.0 Å². The minimum Gasteiger partial charge on any atom is -0.467 e. The number of carbonyl (C=O) groups excluding carboxylic acids is 2. The van der Waals surface area contributed by atoms with Crippen LogP contribution in [-0.2, 0) is 24.9 Å². The predicted molar refractivity (Wildman–Crippen MR) is 117 cm³/mol. The summed E-state index contributed by atoms with van der Waals surface area (Å²) < 4.78 is 8.31. The lowest BCUT2D eigenvalue weighted by molar-refractivity contribution is -0.133. The summed E-state index contributed by atoms with van der Waals surface area (Å²) in [6.45, 7) is 0.869. The average molecular weight is 470 g/mol. The molecule has 156 valence electrons. The van der Waals surface area contributed by atoms with Gasteiger partial charge in [0.15, 0.2) is 0 Å². The third-order valence-electron chi connectivity index (χ3n) is 5.31. The fourth-order valence-electron chi connectivity index (χ4n) is 3.47. The van der Waals surface area contributed by atoms with Gasteiger partial charge in [-0.3, -0.25) is 9.59 Å². The summed E-state index contributed by atoms with van der Waals surface area (Å²) in [6, 6.07) is 15.1. The van der Waals surface area contributed by atoms with Crippen LogP contribution in [0.3, 0.4) is 0 Å². The summed E-state index contributed by atoms with van der Waals surface area (Å²) in [5, 5.41) is 0. The second kappa shape index (κ2) is 8.92. The zero-order chi connectivity index (χ0) is 21.1. The number of hydrogen-bond acceptors (Lipinski definition) is 3. The van der Waals surface area contributed by atoms with Gasteiger partial charge in [0.1, 0.15) is 12.3 Å². The molecule has 2 amide bonds. The first-order valence-corrected chi connectivity index (χ1v) is 10.8. The van der Waals surface area contributed by atoms with E-state index in [1.165, 1.54) is 0 Å². The number of furan rings is 1. The van der Waals surface area contributed by atoms with Gasteiger partial charge in [0.2, 0.25) is 5.91 Å². The fourth-order valence-corrected chi connectivity index (χ4v) is 3.86. The molecule has 1 saturated carbocycles. The van der Waals surface area contributed by atoms with Crippen LogP contribution in [0.15, 0.2) is 69.9 Å². The van der Waals surface area contributed by atoms with Gasteiger partial charge in [-0.2, -0.15) is 0 Å². The number of benzene rings is 1. The van der Waals surface area contributed by atoms with E-state index < -0.39 is 0 Å². The highest BCUT2D eigenvalue weighted by atomic mass is 79.9. The van der Waals surface area contributed by atoms with E-state index in [-0.39, 0.29) is 24.4 Å². The molecule has 0 unspecified atom stereocenters. The molecule has 1 aliphatic rings. The van der Waals surface area contributed by atoms with E-state index in [2.05, 4.69) is 15.9 Å². The minimum atomic E-state index is -0.107. The third kappa shape index (κ3) is 4.84. The van der Waals surface area contributed by atoms with Crippen LogP contribution in [0.5, 0.6) is 0 Å². The van der Waals surface area contributed by atoms with Gasteiger partial charge in [0.25, 0.3) is 5.91 Å². The van der Waals surface area contributed by atoms with Gasteiger partial charge in [-0.25, -0.2) is 0 Å². The summed E-state index contributed by atoms with van der Waals surface area (Å²) in [5.41, 5.74) is 1.61. The zero-order valence-electron chi connectivity index (χ0n) is 16.8. The van der Waals surface area contributed by atoms with Crippen LogP contribution in [-0.4, -0.2) is 38.8 Å². The molecule has 7 heteroatoms. The molecule has 0 spiro atoms. The Hall–Kier alpha value is -2.80. The maximum atomic E-state index is 13.3. The van der Waals surface area contributed by atoms with Gasteiger partial charge in [-0.15, -0.1) is 0 Å². The summed E-state index contributed by atoms with van der Waals surface area (Å²) in [5.74, 6) is 0.514. The number of hydrogen-bond donors (Lipinski definition) is 0. The average Bonchev–Trinajstić information content (AvgIpc) is 3.29. The smallest absolute Gasteiger partial charge is 0.254 e. The highest BCUT2D eigenvalue weighted by Gasteiger charge is 2.35. The SMILES string of the molecule is Cn1cccc1CN(Cc1ccco1)C(=O)CN(C(=O)c1cccc(Br)c1)C1CC1. The molecular formula is C23H24BrN3O3. The van der Waals surface area contributed by atoms with Gasteiger partial charge in [0, 0.05) is 35.0 Å². The third-order valence-corrected chi connectivity index (χ3v) is 5.80. The Bertz CT molecular complexity index is 1020. The van der Waals surface area contributed by atoms with Crippen molar-refractivity contribution in [2.75, 3.05) is 6.54 Å². The van der Waals surface area contributed by atoms with Gasteiger partial charge < -0.3 is 18.8 Å². The van der Waals surface area contributed by atoms with Crippen molar-refractivity contribution in [3.05, 3.63) is 82.5 Å². The highest BCUT2D eigenvalue weighted by Crippen LogP contribution is 2.29. The maximum absolute atomic E-state index is 13.3. The molecule has 3 aromatic rings. The van der Waals surface area contributed by atoms with E-state index in [4.69, 9.17) is 4.42 Å². The Labute approximate surface area is 184 Å². The molecule has 0 saturated heterocycles. The van der Waals surface area contributed by atoms with Crippen LogP contribution in [0.25, 0.3) is 0 Å². The zero-order valence-corrected chi connectivity index (χ0v) is 18.4. The highest BCUT2D eigenvalue weighted by molar-refractivity contribution is 9.10. The Morgan fingerprint density at radius 2 is 1.97 bits per heavy atom. The molecule has 0 N–H and O–H groups in total. The van der Waals surface area contributed by atoms with Crippen molar-refractivity contribution in [1.29, 1.82) is 0 Å². The van der Waals surface area contributed by atoms with Crippen molar-refractivity contribution in [2.45, 2.75) is 32.0 Å². The van der Waals surface area contributed by atoms with E-state index in [0.717, 1.165) is 23.0 Å². The van der Waals surface area contributed by atoms with Crippen LogP contribution >= 0.6 is 15.9 Å². The Kier molecular flexibility index (Phi) is 6.08. The number of rotatable bonds is 8. The number of aromatic nitrogens is 1. The first kappa shape index (κ1) is 20.5. The van der Waals surface area contributed by atoms with Gasteiger partial charge >= 0.3 is 0 Å². The molecule has 2 aromatic heterocycles. The van der Waals surface area contributed by atoms with E-state index in [9.17, 15) is 9.59 Å². The fraction of sp³-hybridized carbons (Fsp3) is 0.304. The summed E-state index contributed by atoms with van der Waals surface area (Å²) in [4.78, 5) is 29.9. The van der Waals surface area contributed by atoms with Crippen LogP contribution < -0.4 is 0 Å². The second-order valence-corrected chi connectivity index (χ2v) is 8.53. The normalized spacial score (nSPS) is 13.3. The quantitative estimate of drug-likeness (QED) is 0.496. The lowest BCUT2D eigenvalue weighted by Gasteiger charge is -2.27. The number of amides is 2. The van der Waals surface area contributed by atoms with Crippen LogP contribution in [0.1, 0.15) is 34.7 Å². The number of aryl methyl sites for hydroxylation is 1. The molecule has 1 aliphatic carbocycles. The predicted octanol–water partition coefficient (Wildman–Crippen LogP) is 4.21. The summed E-state index contributed by atoms with van der Waals surface area (Å²) >= 11 is 3.42. The Morgan fingerprint density at radius 1 is 1.13 bits per heavy atom. The number of halogens is 1. The van der Waals surface area contributed by atoms with Crippen molar-refractivity contribution >= 4 is 27.7 Å². The largest absolute Gasteiger partial charge is 0.467 e. The molecule has 30 heavy (non-hydrogen) atoms. The molecule has 0 radical (unpaired) electrons. The molecule has 1 aromatic carbocycles. The van der Waals surface area contributed by atoms with Crippen LogP contribution in [0.4, 0.5) is 0 Å². The molecule has 0 aliphatic heterocycles. The molecule has 0 bridgehead atoms. The molecule has 4 rings (SSSR count). The minimum absolute atomic E-state index is 0.0567. The molecule has 0 atom stereocenters. The topological polar surface area (TPSA) is 58.7 Å². The standard InChI is InChI=1S/C23H24BrN3O3/c1-25-11-3-7-20(25)14-26(15-21-8-4-12-30-21)22(28)16-27(19-9-10-19)23(29)17-5-2-6-18(24)13-17/h2-8,11-13,19H,9-10,14-16H2,1H3. The molecular weight excluding hydrogens is 446 g/mol. The lowest BCUT2D eigenvalue weighted by Crippen LogP contribution is -2.43. The molecule has 2 heterocycles. The van der Waals surface area contributed by atoms with E-state index in [1.807, 2.05) is 54.2 Å². The van der Waals surface area contributed by atoms with E-state index >= 15 is 0 Å². The second-order valence-electron chi connectivity index (χ2n) is 7.61. The van der Waals surface area contributed by atoms with Crippen molar-refractivity contribution in [3.8, 4) is 0 Å². The molecule has 6 nitrogen and oxygen atoms in total. The van der Waals surface area contributed by atoms with Crippen molar-refractivity contribution in [2.24, 2.45) is 7.05 Å². The molecule has 1 fully saturated rings. The maximum Gasteiger partial charge on any atom is 0.254 e.